The Morgan fingerprint density at radius 1 is 1.35 bits per heavy atom. The molecule has 0 fully saturated rings. The van der Waals surface area contributed by atoms with Gasteiger partial charge < -0.3 is 0 Å². The summed E-state index contributed by atoms with van der Waals surface area (Å²) in [5, 5.41) is 10.5. The Morgan fingerprint density at radius 3 is 2.74 bits per heavy atom. The molecule has 0 aliphatic heterocycles. The molecule has 2 aromatic heterocycles. The summed E-state index contributed by atoms with van der Waals surface area (Å²) < 4.78 is 1.25. The molecule has 23 heavy (non-hydrogen) atoms. The lowest BCUT2D eigenvalue weighted by Crippen LogP contribution is -2.26. The average molecular weight is 454 g/mol. The maximum absolute atomic E-state index is 9.57. The van der Waals surface area contributed by atoms with Crippen molar-refractivity contribution in [1.82, 2.24) is 0 Å². The minimum absolute atomic E-state index is 0.325. The van der Waals surface area contributed by atoms with Crippen molar-refractivity contribution in [1.29, 1.82) is 5.26 Å². The highest BCUT2D eigenvalue weighted by Crippen LogP contribution is 2.44. The molecule has 2 aromatic rings. The number of rotatable bonds is 2. The minimum atomic E-state index is 0.325. The second-order valence-corrected chi connectivity index (χ2v) is 11.1. The molecule has 0 saturated heterocycles. The molecular formula is C18H19IN2S2. The number of nitrogens with zero attached hydrogens (tertiary/aromatic N) is 2. The molecule has 0 amide bonds. The van der Waals surface area contributed by atoms with E-state index in [2.05, 4.69) is 66.6 Å². The van der Waals surface area contributed by atoms with Crippen LogP contribution in [0.4, 0.5) is 5.00 Å². The molecule has 2 nitrogen and oxygen atoms in total. The van der Waals surface area contributed by atoms with E-state index in [0.717, 1.165) is 28.3 Å². The van der Waals surface area contributed by atoms with Crippen molar-refractivity contribution < 1.29 is 0 Å². The van der Waals surface area contributed by atoms with E-state index >= 15 is 0 Å². The lowest BCUT2D eigenvalue weighted by atomic mass is 9.72. The minimum Gasteiger partial charge on any atom is -0.243 e. The Bertz CT molecular complexity index is 787. The molecule has 1 aliphatic carbocycles. The quantitative estimate of drug-likeness (QED) is 0.394. The van der Waals surface area contributed by atoms with Crippen molar-refractivity contribution >= 4 is 56.5 Å². The van der Waals surface area contributed by atoms with Crippen molar-refractivity contribution in [3.05, 3.63) is 35.9 Å². The maximum Gasteiger partial charge on any atom is 0.134 e. The van der Waals surface area contributed by atoms with Gasteiger partial charge in [-0.15, -0.1) is 22.7 Å². The molecular weight excluding hydrogens is 435 g/mol. The van der Waals surface area contributed by atoms with Gasteiger partial charge in [-0.3, -0.25) is 0 Å². The summed E-state index contributed by atoms with van der Waals surface area (Å²) in [6.45, 7) is 6.96. The van der Waals surface area contributed by atoms with E-state index in [1.165, 1.54) is 19.7 Å². The van der Waals surface area contributed by atoms with Gasteiger partial charge in [0, 0.05) is 16.0 Å². The molecule has 0 bridgehead atoms. The molecule has 0 saturated carbocycles. The third kappa shape index (κ3) is 3.70. The predicted molar refractivity (Wildman–Crippen MR) is 108 cm³/mol. The van der Waals surface area contributed by atoms with Crippen LogP contribution in [0.5, 0.6) is 0 Å². The zero-order valence-corrected chi connectivity index (χ0v) is 17.3. The van der Waals surface area contributed by atoms with Crippen LogP contribution in [0.25, 0.3) is 0 Å². The van der Waals surface area contributed by atoms with E-state index in [0.29, 0.717) is 11.3 Å². The zero-order chi connectivity index (χ0) is 16.6. The molecule has 2 heterocycles. The topological polar surface area (TPSA) is 36.1 Å². The molecule has 1 unspecified atom stereocenters. The SMILES string of the molecule is CC(C)(C)C1CCc2c(sc(N=Cc3ccc(I)s3)c2C#N)C1. The smallest absolute Gasteiger partial charge is 0.134 e. The number of nitriles is 1. The first kappa shape index (κ1) is 17.1. The Kier molecular flexibility index (Phi) is 4.96. The van der Waals surface area contributed by atoms with Gasteiger partial charge in [-0.2, -0.15) is 5.26 Å². The first-order valence-corrected chi connectivity index (χ1v) is 10.4. The van der Waals surface area contributed by atoms with Gasteiger partial charge in [0.1, 0.15) is 11.1 Å². The normalized spacial score (nSPS) is 18.1. The van der Waals surface area contributed by atoms with Crippen molar-refractivity contribution in [2.75, 3.05) is 0 Å². The lowest BCUT2D eigenvalue weighted by Gasteiger charge is -2.33. The Balaban J connectivity index is 1.90. The van der Waals surface area contributed by atoms with E-state index < -0.39 is 0 Å². The van der Waals surface area contributed by atoms with Gasteiger partial charge >= 0.3 is 0 Å². The van der Waals surface area contributed by atoms with Gasteiger partial charge in [-0.1, -0.05) is 20.8 Å². The predicted octanol–water partition coefficient (Wildman–Crippen LogP) is 6.19. The van der Waals surface area contributed by atoms with Gasteiger partial charge in [0.05, 0.1) is 8.45 Å². The van der Waals surface area contributed by atoms with Crippen molar-refractivity contribution in [3.63, 3.8) is 0 Å². The van der Waals surface area contributed by atoms with Crippen LogP contribution >= 0.6 is 45.3 Å². The van der Waals surface area contributed by atoms with Crippen molar-refractivity contribution in [2.45, 2.75) is 40.0 Å². The summed E-state index contributed by atoms with van der Waals surface area (Å²) in [5.74, 6) is 0.691. The first-order valence-electron chi connectivity index (χ1n) is 7.72. The standard InChI is InChI=1S/C18H19IN2S2/c1-18(2,3)11-4-6-13-14(9-20)17(23-15(13)8-11)21-10-12-5-7-16(19)22-12/h5,7,10-11H,4,6,8H2,1-3H3. The number of halogens is 1. The average Bonchev–Trinajstić information content (AvgIpc) is 3.06. The Morgan fingerprint density at radius 2 is 2.13 bits per heavy atom. The molecule has 0 radical (unpaired) electrons. The van der Waals surface area contributed by atoms with Crippen LogP contribution < -0.4 is 0 Å². The van der Waals surface area contributed by atoms with Gasteiger partial charge in [0.15, 0.2) is 0 Å². The van der Waals surface area contributed by atoms with Crippen LogP contribution in [-0.4, -0.2) is 6.21 Å². The Labute approximate surface area is 159 Å². The van der Waals surface area contributed by atoms with Gasteiger partial charge in [0.2, 0.25) is 0 Å². The third-order valence-corrected chi connectivity index (χ3v) is 7.48. The fourth-order valence-corrected chi connectivity index (χ4v) is 5.80. The zero-order valence-electron chi connectivity index (χ0n) is 13.5. The highest BCUT2D eigenvalue weighted by atomic mass is 127. The highest BCUT2D eigenvalue weighted by Gasteiger charge is 2.32. The summed E-state index contributed by atoms with van der Waals surface area (Å²) >= 11 is 5.75. The lowest BCUT2D eigenvalue weighted by molar-refractivity contribution is 0.218. The van der Waals surface area contributed by atoms with Crippen molar-refractivity contribution in [3.8, 4) is 6.07 Å². The van der Waals surface area contributed by atoms with Gasteiger partial charge in [-0.05, 0) is 70.9 Å². The second kappa shape index (κ2) is 6.66. The van der Waals surface area contributed by atoms with Crippen LogP contribution in [0, 0.1) is 25.5 Å². The van der Waals surface area contributed by atoms with Crippen LogP contribution in [0.2, 0.25) is 0 Å². The fraction of sp³-hybridized carbons (Fsp3) is 0.444. The van der Waals surface area contributed by atoms with Crippen LogP contribution in [0.15, 0.2) is 17.1 Å². The molecule has 0 N–H and O–H groups in total. The van der Waals surface area contributed by atoms with E-state index in [-0.39, 0.29) is 0 Å². The Hall–Kier alpha value is -0.710. The summed E-state index contributed by atoms with van der Waals surface area (Å²) in [7, 11) is 0. The molecule has 3 rings (SSSR count). The van der Waals surface area contributed by atoms with E-state index in [1.807, 2.05) is 6.21 Å². The third-order valence-electron chi connectivity index (χ3n) is 4.49. The number of thiophene rings is 2. The second-order valence-electron chi connectivity index (χ2n) is 7.00. The highest BCUT2D eigenvalue weighted by molar-refractivity contribution is 14.1. The maximum atomic E-state index is 9.57. The largest absolute Gasteiger partial charge is 0.243 e. The molecule has 120 valence electrons. The van der Waals surface area contributed by atoms with E-state index in [1.54, 1.807) is 22.7 Å². The first-order chi connectivity index (χ1) is 10.9. The summed E-state index contributed by atoms with van der Waals surface area (Å²) in [6.07, 6.45) is 5.17. The summed E-state index contributed by atoms with van der Waals surface area (Å²) in [4.78, 5) is 7.14. The number of aliphatic imine (C=N–C) groups is 1. The summed E-state index contributed by atoms with van der Waals surface area (Å²) in [5.41, 5.74) is 2.39. The molecule has 5 heteroatoms. The van der Waals surface area contributed by atoms with Crippen LogP contribution in [-0.2, 0) is 12.8 Å². The van der Waals surface area contributed by atoms with E-state index in [9.17, 15) is 5.26 Å². The monoisotopic (exact) mass is 454 g/mol. The van der Waals surface area contributed by atoms with E-state index in [4.69, 9.17) is 0 Å². The molecule has 0 aromatic carbocycles. The number of hydrogen-bond donors (Lipinski definition) is 0. The van der Waals surface area contributed by atoms with Crippen molar-refractivity contribution in [2.24, 2.45) is 16.3 Å². The van der Waals surface area contributed by atoms with Crippen LogP contribution in [0.3, 0.4) is 0 Å². The number of hydrogen-bond acceptors (Lipinski definition) is 4. The fourth-order valence-electron chi connectivity index (χ4n) is 3.04. The molecule has 0 spiro atoms. The van der Waals surface area contributed by atoms with Crippen LogP contribution in [0.1, 0.15) is 48.1 Å². The molecule has 1 aliphatic rings. The molecule has 1 atom stereocenters. The van der Waals surface area contributed by atoms with Gasteiger partial charge in [0.25, 0.3) is 0 Å². The number of fused-ring (bicyclic) bond motifs is 1. The summed E-state index contributed by atoms with van der Waals surface area (Å²) in [6, 6.07) is 6.56. The van der Waals surface area contributed by atoms with Gasteiger partial charge in [-0.25, -0.2) is 4.99 Å².